The third-order valence-corrected chi connectivity index (χ3v) is 5.68. The van der Waals surface area contributed by atoms with E-state index in [4.69, 9.17) is 4.98 Å². The molecule has 2 aromatic heterocycles. The minimum absolute atomic E-state index is 0.604. The lowest BCUT2D eigenvalue weighted by Gasteiger charge is -2.35. The zero-order valence-corrected chi connectivity index (χ0v) is 14.2. The van der Waals surface area contributed by atoms with Gasteiger partial charge in [-0.1, -0.05) is 12.1 Å². The topological polar surface area (TPSA) is 45.2 Å². The highest BCUT2D eigenvalue weighted by Crippen LogP contribution is 2.38. The quantitative estimate of drug-likeness (QED) is 0.734. The highest BCUT2D eigenvalue weighted by molar-refractivity contribution is 7.13. The predicted octanol–water partition coefficient (Wildman–Crippen LogP) is 3.29. The van der Waals surface area contributed by atoms with Crippen molar-refractivity contribution in [3.8, 4) is 0 Å². The number of anilines is 2. The molecular weight excluding hydrogens is 318 g/mol. The lowest BCUT2D eigenvalue weighted by atomic mass is 10.2. The number of fused-ring (bicyclic) bond motifs is 1. The zero-order chi connectivity index (χ0) is 15.9. The maximum atomic E-state index is 4.78. The van der Waals surface area contributed by atoms with E-state index in [-0.39, 0.29) is 0 Å². The van der Waals surface area contributed by atoms with E-state index in [1.807, 2.05) is 12.3 Å². The van der Waals surface area contributed by atoms with Gasteiger partial charge in [0.1, 0.15) is 17.5 Å². The first-order chi connectivity index (χ1) is 11.9. The molecule has 6 heteroatoms. The van der Waals surface area contributed by atoms with E-state index in [1.54, 1.807) is 11.5 Å². The summed E-state index contributed by atoms with van der Waals surface area (Å²) in [5.74, 6) is 3.85. The fourth-order valence-electron chi connectivity index (χ4n) is 3.33. The first kappa shape index (κ1) is 14.2. The summed E-state index contributed by atoms with van der Waals surface area (Å²) in [5.41, 5.74) is 0. The number of benzene rings is 1. The minimum Gasteiger partial charge on any atom is -0.353 e. The Labute approximate surface area is 145 Å². The summed E-state index contributed by atoms with van der Waals surface area (Å²) in [6.07, 6.45) is 4.40. The van der Waals surface area contributed by atoms with Crippen LogP contribution in [0.4, 0.5) is 11.6 Å². The Morgan fingerprint density at radius 2 is 1.75 bits per heavy atom. The fraction of sp³-hybridized carbons (Fsp3) is 0.389. The first-order valence-corrected chi connectivity index (χ1v) is 9.33. The van der Waals surface area contributed by atoms with Gasteiger partial charge in [-0.25, -0.2) is 9.97 Å². The number of nitrogens with zero attached hydrogens (tertiary/aromatic N) is 5. The average molecular weight is 337 g/mol. The van der Waals surface area contributed by atoms with Crippen molar-refractivity contribution in [1.82, 2.24) is 14.3 Å². The van der Waals surface area contributed by atoms with E-state index >= 15 is 0 Å². The van der Waals surface area contributed by atoms with Crippen LogP contribution >= 0.6 is 11.5 Å². The van der Waals surface area contributed by atoms with Crippen molar-refractivity contribution < 1.29 is 0 Å². The number of hydrogen-bond donors (Lipinski definition) is 0. The van der Waals surface area contributed by atoms with Crippen LogP contribution in [-0.4, -0.2) is 40.5 Å². The summed E-state index contributed by atoms with van der Waals surface area (Å²) < 4.78 is 5.95. The lowest BCUT2D eigenvalue weighted by molar-refractivity contribution is 0.642. The minimum atomic E-state index is 0.604. The van der Waals surface area contributed by atoms with E-state index in [0.717, 1.165) is 43.6 Å². The van der Waals surface area contributed by atoms with Gasteiger partial charge in [0.15, 0.2) is 0 Å². The number of piperazine rings is 1. The van der Waals surface area contributed by atoms with Gasteiger partial charge in [-0.15, -0.1) is 0 Å². The fourth-order valence-corrected chi connectivity index (χ4v) is 4.12. The number of rotatable bonds is 3. The van der Waals surface area contributed by atoms with Gasteiger partial charge in [-0.3, -0.25) is 0 Å². The Morgan fingerprint density at radius 1 is 0.958 bits per heavy atom. The van der Waals surface area contributed by atoms with Crippen molar-refractivity contribution in [2.75, 3.05) is 36.0 Å². The molecule has 0 atom stereocenters. The van der Waals surface area contributed by atoms with Gasteiger partial charge >= 0.3 is 0 Å². The van der Waals surface area contributed by atoms with Gasteiger partial charge in [0.05, 0.1) is 4.70 Å². The van der Waals surface area contributed by atoms with Crippen molar-refractivity contribution in [2.45, 2.75) is 18.8 Å². The van der Waals surface area contributed by atoms with Crippen molar-refractivity contribution >= 4 is 33.3 Å². The number of aromatic nitrogens is 3. The summed E-state index contributed by atoms with van der Waals surface area (Å²) in [5, 5.41) is 1.27. The zero-order valence-electron chi connectivity index (χ0n) is 13.4. The van der Waals surface area contributed by atoms with Crippen LogP contribution in [0.15, 0.2) is 36.5 Å². The van der Waals surface area contributed by atoms with E-state index in [2.05, 4.69) is 43.4 Å². The molecule has 0 radical (unpaired) electrons. The second-order valence-electron chi connectivity index (χ2n) is 6.52. The molecule has 3 aromatic rings. The normalized spacial score (nSPS) is 18.3. The molecule has 2 aliphatic rings. The summed E-state index contributed by atoms with van der Waals surface area (Å²) in [6.45, 7) is 3.92. The largest absolute Gasteiger partial charge is 0.353 e. The molecule has 0 spiro atoms. The van der Waals surface area contributed by atoms with Crippen molar-refractivity contribution in [3.63, 3.8) is 0 Å². The van der Waals surface area contributed by atoms with Gasteiger partial charge in [0.2, 0.25) is 0 Å². The predicted molar refractivity (Wildman–Crippen MR) is 98.1 cm³/mol. The van der Waals surface area contributed by atoms with E-state index in [1.165, 1.54) is 22.9 Å². The molecule has 0 bridgehead atoms. The van der Waals surface area contributed by atoms with E-state index in [9.17, 15) is 0 Å². The van der Waals surface area contributed by atoms with Crippen LogP contribution in [0, 0.1) is 0 Å². The van der Waals surface area contributed by atoms with Gasteiger partial charge < -0.3 is 9.80 Å². The molecule has 24 heavy (non-hydrogen) atoms. The Balaban J connectivity index is 1.33. The number of hydrogen-bond acceptors (Lipinski definition) is 6. The molecular formula is C18H19N5S. The summed E-state index contributed by atoms with van der Waals surface area (Å²) in [7, 11) is 0. The summed E-state index contributed by atoms with van der Waals surface area (Å²) in [4.78, 5) is 14.0. The smallest absolute Gasteiger partial charge is 0.150 e. The van der Waals surface area contributed by atoms with Gasteiger partial charge in [0.25, 0.3) is 0 Å². The maximum absolute atomic E-state index is 4.78. The average Bonchev–Trinajstić information content (AvgIpc) is 3.41. The Bertz CT molecular complexity index is 864. The lowest BCUT2D eigenvalue weighted by Crippen LogP contribution is -2.47. The molecule has 1 aromatic carbocycles. The van der Waals surface area contributed by atoms with E-state index in [0.29, 0.717) is 5.92 Å². The molecule has 5 nitrogen and oxygen atoms in total. The molecule has 122 valence electrons. The monoisotopic (exact) mass is 337 g/mol. The van der Waals surface area contributed by atoms with Gasteiger partial charge in [-0.05, 0) is 42.6 Å². The van der Waals surface area contributed by atoms with Crippen LogP contribution in [-0.2, 0) is 0 Å². The highest BCUT2D eigenvalue weighted by Gasteiger charge is 2.28. The van der Waals surface area contributed by atoms with Crippen LogP contribution in [0.1, 0.15) is 24.6 Å². The molecule has 0 amide bonds. The van der Waals surface area contributed by atoms with Crippen LogP contribution in [0.5, 0.6) is 0 Å². The maximum Gasteiger partial charge on any atom is 0.150 e. The van der Waals surface area contributed by atoms with Crippen molar-refractivity contribution in [1.29, 1.82) is 0 Å². The first-order valence-electron chi connectivity index (χ1n) is 8.56. The van der Waals surface area contributed by atoms with Crippen LogP contribution in [0.25, 0.3) is 10.1 Å². The third kappa shape index (κ3) is 2.51. The highest BCUT2D eigenvalue weighted by atomic mass is 32.1. The Kier molecular flexibility index (Phi) is 3.36. The molecule has 1 aliphatic carbocycles. The van der Waals surface area contributed by atoms with Crippen LogP contribution in [0.2, 0.25) is 0 Å². The SMILES string of the molecule is c1ccc2c(N3CCN(c4ccnc(C5CC5)n4)CC3)nsc2c1. The Morgan fingerprint density at radius 3 is 2.58 bits per heavy atom. The molecule has 0 N–H and O–H groups in total. The molecule has 2 fully saturated rings. The summed E-state index contributed by atoms with van der Waals surface area (Å²) in [6, 6.07) is 10.5. The second-order valence-corrected chi connectivity index (χ2v) is 7.33. The van der Waals surface area contributed by atoms with Gasteiger partial charge in [-0.2, -0.15) is 4.37 Å². The molecule has 0 unspecified atom stereocenters. The molecule has 5 rings (SSSR count). The van der Waals surface area contributed by atoms with Crippen molar-refractivity contribution in [3.05, 3.63) is 42.4 Å². The molecule has 1 saturated carbocycles. The Hall–Kier alpha value is -2.21. The van der Waals surface area contributed by atoms with Crippen LogP contribution in [0.3, 0.4) is 0 Å². The molecule has 1 saturated heterocycles. The second kappa shape index (κ2) is 5.70. The third-order valence-electron chi connectivity index (χ3n) is 4.86. The molecule has 1 aliphatic heterocycles. The van der Waals surface area contributed by atoms with Gasteiger partial charge in [0, 0.05) is 43.7 Å². The van der Waals surface area contributed by atoms with Crippen molar-refractivity contribution in [2.24, 2.45) is 0 Å². The molecule has 3 heterocycles. The standard InChI is InChI=1S/C18H19N5S/c1-2-4-15-14(3-1)18(21-24-15)23-11-9-22(10-12-23)16-7-8-19-17(20-16)13-5-6-13/h1-4,7-8,13H,5-6,9-12H2. The van der Waals surface area contributed by atoms with E-state index < -0.39 is 0 Å². The summed E-state index contributed by atoms with van der Waals surface area (Å²) >= 11 is 1.59. The van der Waals surface area contributed by atoms with Crippen LogP contribution < -0.4 is 9.80 Å².